The van der Waals surface area contributed by atoms with Crippen LogP contribution in [0.2, 0.25) is 0 Å². The van der Waals surface area contributed by atoms with Crippen LogP contribution in [0.5, 0.6) is 0 Å². The van der Waals surface area contributed by atoms with E-state index in [1.807, 2.05) is 0 Å². The zero-order valence-corrected chi connectivity index (χ0v) is 19.1. The number of benzene rings is 1. The van der Waals surface area contributed by atoms with Crippen LogP contribution in [0.4, 0.5) is 11.4 Å². The first-order valence-corrected chi connectivity index (χ1v) is 11.7. The van der Waals surface area contributed by atoms with Crippen LogP contribution in [0.1, 0.15) is 107 Å². The molecular formula is C23H36N4O5. The monoisotopic (exact) mass is 448 g/mol. The van der Waals surface area contributed by atoms with Gasteiger partial charge in [-0.1, -0.05) is 84.0 Å². The summed E-state index contributed by atoms with van der Waals surface area (Å²) in [5, 5.41) is 25.6. The number of hydrogen-bond acceptors (Lipinski definition) is 6. The zero-order chi connectivity index (χ0) is 23.6. The minimum absolute atomic E-state index is 0.177. The summed E-state index contributed by atoms with van der Waals surface area (Å²) in [6.07, 6.45) is 18.9. The number of nitro groups is 2. The van der Waals surface area contributed by atoms with Crippen molar-refractivity contribution in [1.82, 2.24) is 5.43 Å². The topological polar surface area (TPSA) is 128 Å². The van der Waals surface area contributed by atoms with E-state index in [1.165, 1.54) is 70.6 Å². The van der Waals surface area contributed by atoms with E-state index in [0.717, 1.165) is 31.0 Å². The van der Waals surface area contributed by atoms with Crippen molar-refractivity contribution in [2.45, 2.75) is 96.8 Å². The maximum Gasteiger partial charge on any atom is 0.277 e. The van der Waals surface area contributed by atoms with Crippen LogP contribution < -0.4 is 5.43 Å². The number of non-ortho nitro benzene ring substituents is 2. The Morgan fingerprint density at radius 2 is 1.25 bits per heavy atom. The molecular weight excluding hydrogens is 412 g/mol. The molecule has 0 aromatic heterocycles. The van der Waals surface area contributed by atoms with Crippen LogP contribution in [-0.2, 0) is 0 Å². The minimum atomic E-state index is -0.776. The van der Waals surface area contributed by atoms with Gasteiger partial charge in [0.1, 0.15) is 0 Å². The molecule has 0 aliphatic carbocycles. The number of carbonyl (C=O) groups excluding carboxylic acids is 1. The van der Waals surface area contributed by atoms with Gasteiger partial charge in [-0.05, 0) is 12.8 Å². The smallest absolute Gasteiger partial charge is 0.267 e. The van der Waals surface area contributed by atoms with E-state index in [4.69, 9.17) is 0 Å². The molecule has 9 nitrogen and oxygen atoms in total. The highest BCUT2D eigenvalue weighted by Gasteiger charge is 2.19. The number of rotatable bonds is 18. The van der Waals surface area contributed by atoms with Crippen molar-refractivity contribution in [3.63, 3.8) is 0 Å². The quantitative estimate of drug-likeness (QED) is 0.116. The van der Waals surface area contributed by atoms with Gasteiger partial charge in [0.2, 0.25) is 0 Å². The van der Waals surface area contributed by atoms with Crippen LogP contribution in [0.25, 0.3) is 0 Å². The van der Waals surface area contributed by atoms with Gasteiger partial charge in [0.05, 0.1) is 21.5 Å². The summed E-state index contributed by atoms with van der Waals surface area (Å²) in [7, 11) is 0. The van der Waals surface area contributed by atoms with E-state index in [1.54, 1.807) is 6.21 Å². The lowest BCUT2D eigenvalue weighted by atomic mass is 10.0. The third-order valence-corrected chi connectivity index (χ3v) is 5.28. The molecule has 0 fully saturated rings. The SMILES string of the molecule is CCCCCCCCCCCCCCC/C=N/NC(=O)c1cc([N+](=O)[O-])cc([N+](=O)[O-])c1. The third-order valence-electron chi connectivity index (χ3n) is 5.28. The van der Waals surface area contributed by atoms with E-state index in [-0.39, 0.29) is 5.56 Å². The molecule has 0 heterocycles. The fourth-order valence-electron chi connectivity index (χ4n) is 3.42. The summed E-state index contributed by atoms with van der Waals surface area (Å²) in [5.74, 6) is -0.724. The molecule has 1 aromatic carbocycles. The van der Waals surface area contributed by atoms with Gasteiger partial charge >= 0.3 is 0 Å². The van der Waals surface area contributed by atoms with Gasteiger partial charge in [-0.2, -0.15) is 5.10 Å². The zero-order valence-electron chi connectivity index (χ0n) is 19.1. The average Bonchev–Trinajstić information content (AvgIpc) is 2.78. The van der Waals surface area contributed by atoms with Gasteiger partial charge in [-0.3, -0.25) is 25.0 Å². The number of hydrogen-bond donors (Lipinski definition) is 1. The summed E-state index contributed by atoms with van der Waals surface area (Å²) < 4.78 is 0. The largest absolute Gasteiger partial charge is 0.277 e. The predicted molar refractivity (Wildman–Crippen MR) is 126 cm³/mol. The number of nitrogens with zero attached hydrogens (tertiary/aromatic N) is 3. The number of nitrogens with one attached hydrogen (secondary N) is 1. The van der Waals surface area contributed by atoms with Gasteiger partial charge in [0, 0.05) is 18.3 Å². The summed E-state index contributed by atoms with van der Waals surface area (Å²) in [4.78, 5) is 32.3. The Bertz CT molecular complexity index is 720. The first-order chi connectivity index (χ1) is 15.5. The van der Waals surface area contributed by atoms with Gasteiger partial charge in [-0.15, -0.1) is 0 Å². The fraction of sp³-hybridized carbons (Fsp3) is 0.652. The molecule has 0 saturated heterocycles. The summed E-state index contributed by atoms with van der Waals surface area (Å²) >= 11 is 0. The second-order valence-corrected chi connectivity index (χ2v) is 8.04. The van der Waals surface area contributed by atoms with Gasteiger partial charge in [0.25, 0.3) is 17.3 Å². The van der Waals surface area contributed by atoms with Crippen molar-refractivity contribution in [3.05, 3.63) is 44.0 Å². The number of hydrazone groups is 1. The summed E-state index contributed by atoms with van der Waals surface area (Å²) in [6, 6.07) is 2.79. The number of nitro benzene ring substituents is 2. The Balaban J connectivity index is 2.13. The predicted octanol–water partition coefficient (Wildman–Crippen LogP) is 6.70. The standard InChI is InChI=1S/C23H36N4O5/c1-2-3-4-5-6-7-8-9-10-11-12-13-14-15-16-24-25-23(28)20-17-21(26(29)30)19-22(18-20)27(31)32/h16-19H,2-15H2,1H3,(H,25,28)/b24-16+. The summed E-state index contributed by atoms with van der Waals surface area (Å²) in [5.41, 5.74) is 1.06. The van der Waals surface area contributed by atoms with Crippen LogP contribution >= 0.6 is 0 Å². The van der Waals surface area contributed by atoms with Gasteiger partial charge in [-0.25, -0.2) is 5.43 Å². The van der Waals surface area contributed by atoms with Crippen molar-refractivity contribution in [2.75, 3.05) is 0 Å². The number of amides is 1. The molecule has 1 N–H and O–H groups in total. The van der Waals surface area contributed by atoms with E-state index >= 15 is 0 Å². The highest BCUT2D eigenvalue weighted by molar-refractivity contribution is 5.95. The Hall–Kier alpha value is -2.84. The molecule has 0 unspecified atom stereocenters. The van der Waals surface area contributed by atoms with Gasteiger partial charge < -0.3 is 0 Å². The van der Waals surface area contributed by atoms with Crippen molar-refractivity contribution in [3.8, 4) is 0 Å². The van der Waals surface area contributed by atoms with E-state index in [9.17, 15) is 25.0 Å². The van der Waals surface area contributed by atoms with Crippen LogP contribution in [0.3, 0.4) is 0 Å². The highest BCUT2D eigenvalue weighted by Crippen LogP contribution is 2.22. The van der Waals surface area contributed by atoms with Crippen molar-refractivity contribution in [1.29, 1.82) is 0 Å². The molecule has 1 rings (SSSR count). The van der Waals surface area contributed by atoms with Crippen LogP contribution in [0, 0.1) is 20.2 Å². The molecule has 178 valence electrons. The molecule has 0 spiro atoms. The Morgan fingerprint density at radius 3 is 1.69 bits per heavy atom. The lowest BCUT2D eigenvalue weighted by Gasteiger charge is -2.02. The number of carbonyl (C=O) groups is 1. The van der Waals surface area contributed by atoms with Crippen molar-refractivity contribution in [2.24, 2.45) is 5.10 Å². The molecule has 0 saturated carbocycles. The molecule has 32 heavy (non-hydrogen) atoms. The maximum absolute atomic E-state index is 12.1. The molecule has 1 aromatic rings. The maximum atomic E-state index is 12.1. The molecule has 9 heteroatoms. The number of unbranched alkanes of at least 4 members (excludes halogenated alkanes) is 13. The molecule has 0 atom stereocenters. The average molecular weight is 449 g/mol. The lowest BCUT2D eigenvalue weighted by Crippen LogP contribution is -2.17. The molecule has 1 amide bonds. The molecule has 0 aliphatic rings. The van der Waals surface area contributed by atoms with Gasteiger partial charge in [0.15, 0.2) is 0 Å². The van der Waals surface area contributed by atoms with E-state index in [0.29, 0.717) is 6.42 Å². The van der Waals surface area contributed by atoms with Crippen molar-refractivity contribution < 1.29 is 14.6 Å². The first kappa shape index (κ1) is 27.2. The van der Waals surface area contributed by atoms with Crippen LogP contribution in [0.15, 0.2) is 23.3 Å². The Labute approximate surface area is 190 Å². The third kappa shape index (κ3) is 12.1. The van der Waals surface area contributed by atoms with E-state index in [2.05, 4.69) is 17.5 Å². The molecule has 0 aliphatic heterocycles. The van der Waals surface area contributed by atoms with Crippen molar-refractivity contribution >= 4 is 23.5 Å². The Kier molecular flexibility index (Phi) is 14.3. The van der Waals surface area contributed by atoms with Crippen LogP contribution in [-0.4, -0.2) is 22.0 Å². The lowest BCUT2D eigenvalue weighted by molar-refractivity contribution is -0.394. The Morgan fingerprint density at radius 1 is 0.812 bits per heavy atom. The molecule has 0 bridgehead atoms. The normalized spacial score (nSPS) is 11.0. The summed E-state index contributed by atoms with van der Waals surface area (Å²) in [6.45, 7) is 2.24. The second-order valence-electron chi connectivity index (χ2n) is 8.04. The minimum Gasteiger partial charge on any atom is -0.267 e. The second kappa shape index (κ2) is 16.8. The molecule has 0 radical (unpaired) electrons. The first-order valence-electron chi connectivity index (χ1n) is 11.7. The van der Waals surface area contributed by atoms with E-state index < -0.39 is 27.1 Å². The highest BCUT2D eigenvalue weighted by atomic mass is 16.6. The fourth-order valence-corrected chi connectivity index (χ4v) is 3.42.